The number of rotatable bonds is 5. The summed E-state index contributed by atoms with van der Waals surface area (Å²) in [6.45, 7) is 2.22. The molecule has 28 heavy (non-hydrogen) atoms. The Balaban J connectivity index is 1.76. The van der Waals surface area contributed by atoms with Crippen molar-refractivity contribution in [3.63, 3.8) is 0 Å². The maximum absolute atomic E-state index is 12.7. The number of ether oxygens (including phenoxy) is 1. The molecule has 1 unspecified atom stereocenters. The van der Waals surface area contributed by atoms with Gasteiger partial charge in [-0.3, -0.25) is 9.59 Å². The van der Waals surface area contributed by atoms with Crippen LogP contribution in [0, 0.1) is 12.8 Å². The zero-order valence-electron chi connectivity index (χ0n) is 15.4. The molecular formula is C20H19ClN2O5. The van der Waals surface area contributed by atoms with Crippen molar-refractivity contribution in [2.24, 2.45) is 5.92 Å². The van der Waals surface area contributed by atoms with E-state index < -0.39 is 11.9 Å². The van der Waals surface area contributed by atoms with E-state index in [0.717, 1.165) is 11.3 Å². The van der Waals surface area contributed by atoms with Gasteiger partial charge in [0.2, 0.25) is 11.8 Å². The fourth-order valence-corrected chi connectivity index (χ4v) is 3.29. The van der Waals surface area contributed by atoms with Gasteiger partial charge in [0.15, 0.2) is 0 Å². The number of nitrogens with one attached hydrogen (secondary N) is 1. The minimum atomic E-state index is -1.19. The third-order valence-corrected chi connectivity index (χ3v) is 4.93. The first kappa shape index (κ1) is 19.7. The molecule has 1 fully saturated rings. The first-order chi connectivity index (χ1) is 13.3. The van der Waals surface area contributed by atoms with Crippen molar-refractivity contribution in [3.05, 3.63) is 52.5 Å². The molecule has 2 amide bonds. The van der Waals surface area contributed by atoms with Gasteiger partial charge in [-0.05, 0) is 25.1 Å². The highest BCUT2D eigenvalue weighted by Gasteiger charge is 2.35. The third-order valence-electron chi connectivity index (χ3n) is 4.62. The second-order valence-corrected chi connectivity index (χ2v) is 6.97. The summed E-state index contributed by atoms with van der Waals surface area (Å²) in [6, 6.07) is 10.1. The smallest absolute Gasteiger partial charge is 0.339 e. The summed E-state index contributed by atoms with van der Waals surface area (Å²) in [6.07, 6.45) is 0.0850. The number of amides is 2. The van der Waals surface area contributed by atoms with E-state index in [1.165, 1.54) is 19.2 Å². The molecule has 8 heteroatoms. The Morgan fingerprint density at radius 3 is 2.54 bits per heavy atom. The van der Waals surface area contributed by atoms with E-state index in [9.17, 15) is 19.5 Å². The minimum absolute atomic E-state index is 0.0752. The molecule has 0 aromatic heterocycles. The summed E-state index contributed by atoms with van der Waals surface area (Å²) in [5.74, 6) is -2.15. The van der Waals surface area contributed by atoms with E-state index in [2.05, 4.69) is 5.32 Å². The molecular weight excluding hydrogens is 384 g/mol. The first-order valence-corrected chi connectivity index (χ1v) is 8.96. The number of carbonyl (C=O) groups is 3. The van der Waals surface area contributed by atoms with Gasteiger partial charge in [0, 0.05) is 24.7 Å². The average Bonchev–Trinajstić information content (AvgIpc) is 3.05. The summed E-state index contributed by atoms with van der Waals surface area (Å²) < 4.78 is 5.06. The number of carboxylic acid groups (broad SMARTS) is 1. The standard InChI is InChI=1S/C20H19ClN2O5/c1-11-3-5-13(6-4-11)23-10-12(7-18(23)24)19(25)22-16-9-17(28-2)14(20(26)27)8-15(16)21/h3-6,8-9,12H,7,10H2,1-2H3,(H,22,25)(H,26,27). The van der Waals surface area contributed by atoms with E-state index in [4.69, 9.17) is 16.3 Å². The summed E-state index contributed by atoms with van der Waals surface area (Å²) in [5.41, 5.74) is 1.95. The lowest BCUT2D eigenvalue weighted by atomic mass is 10.1. The second-order valence-electron chi connectivity index (χ2n) is 6.57. The molecule has 7 nitrogen and oxygen atoms in total. The Hall–Kier alpha value is -3.06. The van der Waals surface area contributed by atoms with Gasteiger partial charge in [-0.2, -0.15) is 0 Å². The van der Waals surface area contributed by atoms with Crippen LogP contribution in [0.3, 0.4) is 0 Å². The van der Waals surface area contributed by atoms with E-state index in [0.29, 0.717) is 0 Å². The molecule has 2 aromatic carbocycles. The maximum Gasteiger partial charge on any atom is 0.339 e. The van der Waals surface area contributed by atoms with E-state index in [-0.39, 0.29) is 46.8 Å². The molecule has 2 aromatic rings. The highest BCUT2D eigenvalue weighted by atomic mass is 35.5. The zero-order valence-corrected chi connectivity index (χ0v) is 16.1. The van der Waals surface area contributed by atoms with Crippen molar-refractivity contribution in [2.45, 2.75) is 13.3 Å². The van der Waals surface area contributed by atoms with Crippen LogP contribution in [-0.4, -0.2) is 36.5 Å². The molecule has 1 atom stereocenters. The largest absolute Gasteiger partial charge is 0.496 e. The number of methoxy groups -OCH3 is 1. The lowest BCUT2D eigenvalue weighted by Crippen LogP contribution is -2.28. The highest BCUT2D eigenvalue weighted by Crippen LogP contribution is 2.32. The van der Waals surface area contributed by atoms with Crippen LogP contribution in [0.2, 0.25) is 5.02 Å². The Bertz CT molecular complexity index is 942. The highest BCUT2D eigenvalue weighted by molar-refractivity contribution is 6.34. The summed E-state index contributed by atoms with van der Waals surface area (Å²) >= 11 is 6.11. The van der Waals surface area contributed by atoms with Crippen LogP contribution in [0.5, 0.6) is 5.75 Å². The molecule has 0 bridgehead atoms. The predicted molar refractivity (Wildman–Crippen MR) is 105 cm³/mol. The second kappa shape index (κ2) is 7.90. The quantitative estimate of drug-likeness (QED) is 0.799. The van der Waals surface area contributed by atoms with Gasteiger partial charge in [0.25, 0.3) is 0 Å². The van der Waals surface area contributed by atoms with Gasteiger partial charge in [-0.15, -0.1) is 0 Å². The molecule has 1 saturated heterocycles. The van der Waals surface area contributed by atoms with Crippen LogP contribution in [0.4, 0.5) is 11.4 Å². The first-order valence-electron chi connectivity index (χ1n) is 8.59. The van der Waals surface area contributed by atoms with Crippen LogP contribution in [0.1, 0.15) is 22.3 Å². The Labute approximate surface area is 166 Å². The van der Waals surface area contributed by atoms with Crippen LogP contribution in [0.15, 0.2) is 36.4 Å². The van der Waals surface area contributed by atoms with Gasteiger partial charge < -0.3 is 20.1 Å². The van der Waals surface area contributed by atoms with Gasteiger partial charge >= 0.3 is 5.97 Å². The molecule has 1 heterocycles. The van der Waals surface area contributed by atoms with Crippen molar-refractivity contribution < 1.29 is 24.2 Å². The van der Waals surface area contributed by atoms with Gasteiger partial charge in [0.1, 0.15) is 11.3 Å². The van der Waals surface area contributed by atoms with Crippen molar-refractivity contribution in [3.8, 4) is 5.75 Å². The van der Waals surface area contributed by atoms with Crippen LogP contribution >= 0.6 is 11.6 Å². The molecule has 0 spiro atoms. The summed E-state index contributed by atoms with van der Waals surface area (Å²) in [4.78, 5) is 37.8. The number of benzene rings is 2. The fraction of sp³-hybridized carbons (Fsp3) is 0.250. The molecule has 2 N–H and O–H groups in total. The average molecular weight is 403 g/mol. The van der Waals surface area contributed by atoms with Crippen LogP contribution in [-0.2, 0) is 9.59 Å². The molecule has 1 aliphatic rings. The number of carboxylic acids is 1. The minimum Gasteiger partial charge on any atom is -0.496 e. The topological polar surface area (TPSA) is 95.9 Å². The Kier molecular flexibility index (Phi) is 5.56. The fourth-order valence-electron chi connectivity index (χ4n) is 3.08. The number of halogens is 1. The molecule has 1 aliphatic heterocycles. The van der Waals surface area contributed by atoms with Crippen LogP contribution in [0.25, 0.3) is 0 Å². The molecule has 0 saturated carbocycles. The lowest BCUT2D eigenvalue weighted by molar-refractivity contribution is -0.122. The van der Waals surface area contributed by atoms with E-state index in [1.54, 1.807) is 4.90 Å². The summed E-state index contributed by atoms with van der Waals surface area (Å²) in [5, 5.41) is 11.9. The molecule has 3 rings (SSSR count). The molecule has 146 valence electrons. The van der Waals surface area contributed by atoms with Crippen molar-refractivity contribution in [2.75, 3.05) is 23.9 Å². The number of anilines is 2. The normalized spacial score (nSPS) is 16.2. The Morgan fingerprint density at radius 2 is 1.93 bits per heavy atom. The zero-order chi connectivity index (χ0) is 20.4. The number of hydrogen-bond donors (Lipinski definition) is 2. The lowest BCUT2D eigenvalue weighted by Gasteiger charge is -2.17. The number of aryl methyl sites for hydroxylation is 1. The van der Waals surface area contributed by atoms with Crippen LogP contribution < -0.4 is 15.0 Å². The maximum atomic E-state index is 12.7. The van der Waals surface area contributed by atoms with E-state index in [1.807, 2.05) is 31.2 Å². The van der Waals surface area contributed by atoms with Crippen molar-refractivity contribution >= 4 is 40.8 Å². The van der Waals surface area contributed by atoms with Crippen molar-refractivity contribution in [1.82, 2.24) is 0 Å². The van der Waals surface area contributed by atoms with E-state index >= 15 is 0 Å². The van der Waals surface area contributed by atoms with Gasteiger partial charge in [-0.1, -0.05) is 29.3 Å². The van der Waals surface area contributed by atoms with Gasteiger partial charge in [-0.25, -0.2) is 4.79 Å². The number of nitrogens with zero attached hydrogens (tertiary/aromatic N) is 1. The SMILES string of the molecule is COc1cc(NC(=O)C2CC(=O)N(c3ccc(C)cc3)C2)c(Cl)cc1C(=O)O. The number of aromatic carboxylic acids is 1. The number of hydrogen-bond acceptors (Lipinski definition) is 4. The Morgan fingerprint density at radius 1 is 1.25 bits per heavy atom. The third kappa shape index (κ3) is 3.94. The monoisotopic (exact) mass is 402 g/mol. The predicted octanol–water partition coefficient (Wildman–Crippen LogP) is 3.35. The molecule has 0 radical (unpaired) electrons. The van der Waals surface area contributed by atoms with Gasteiger partial charge in [0.05, 0.1) is 23.7 Å². The van der Waals surface area contributed by atoms with Crippen molar-refractivity contribution in [1.29, 1.82) is 0 Å². The summed E-state index contributed by atoms with van der Waals surface area (Å²) in [7, 11) is 1.33. The number of carbonyl (C=O) groups excluding carboxylic acids is 2. The molecule has 0 aliphatic carbocycles.